The van der Waals surface area contributed by atoms with E-state index >= 15 is 0 Å². The fraction of sp³-hybridized carbons (Fsp3) is 0.933. The maximum atomic E-state index is 12.0. The van der Waals surface area contributed by atoms with Crippen molar-refractivity contribution >= 4 is 5.97 Å². The Morgan fingerprint density at radius 3 is 2.25 bits per heavy atom. The number of nitrogens with zero attached hydrogens (tertiary/aromatic N) is 1. The number of likely N-dealkylation sites (tertiary alicyclic amines) is 1. The van der Waals surface area contributed by atoms with Crippen molar-refractivity contribution in [2.75, 3.05) is 47.1 Å². The summed E-state index contributed by atoms with van der Waals surface area (Å²) in [5.74, 6) is -0.0559. The lowest BCUT2D eigenvalue weighted by molar-refractivity contribution is -0.161. The van der Waals surface area contributed by atoms with Crippen LogP contribution >= 0.6 is 0 Å². The van der Waals surface area contributed by atoms with Crippen molar-refractivity contribution in [2.24, 2.45) is 10.8 Å². The Bertz CT molecular complexity index is 333. The third kappa shape index (κ3) is 3.00. The van der Waals surface area contributed by atoms with Crippen LogP contribution in [0.15, 0.2) is 0 Å². The van der Waals surface area contributed by atoms with Crippen LogP contribution in [0.25, 0.3) is 0 Å². The molecule has 0 aromatic rings. The molecule has 0 radical (unpaired) electrons. The molecule has 2 fully saturated rings. The highest BCUT2D eigenvalue weighted by atomic mass is 16.5. The number of carbonyl (C=O) groups is 1. The summed E-state index contributed by atoms with van der Waals surface area (Å²) in [5.41, 5.74) is -0.363. The van der Waals surface area contributed by atoms with Crippen LogP contribution in [0.4, 0.5) is 0 Å². The second-order valence-corrected chi connectivity index (χ2v) is 6.49. The highest BCUT2D eigenvalue weighted by Gasteiger charge is 2.47. The fourth-order valence-corrected chi connectivity index (χ4v) is 3.51. The van der Waals surface area contributed by atoms with Crippen molar-refractivity contribution in [2.45, 2.75) is 32.1 Å². The minimum atomic E-state index is -0.269. The summed E-state index contributed by atoms with van der Waals surface area (Å²) in [7, 11) is 3.17. The number of aliphatic hydroxyl groups excluding tert-OH is 1. The molecule has 0 bridgehead atoms. The number of hydrogen-bond acceptors (Lipinski definition) is 5. The van der Waals surface area contributed by atoms with Crippen molar-refractivity contribution in [1.29, 1.82) is 0 Å². The van der Waals surface area contributed by atoms with E-state index in [-0.39, 0.29) is 23.4 Å². The Labute approximate surface area is 121 Å². The summed E-state index contributed by atoms with van der Waals surface area (Å²) in [6.07, 6.45) is 4.86. The standard InChI is InChI=1S/C15H27NO4/c1-19-12-14(11-17)6-8-16(9-7-14)10-15(4-3-5-15)13(18)20-2/h17H,3-12H2,1-2H3. The molecule has 1 saturated heterocycles. The molecule has 1 aliphatic carbocycles. The van der Waals surface area contributed by atoms with Gasteiger partial charge < -0.3 is 19.5 Å². The van der Waals surface area contributed by atoms with Crippen LogP contribution in [-0.4, -0.2) is 63.0 Å². The zero-order chi connectivity index (χ0) is 14.6. The first-order valence-corrected chi connectivity index (χ1v) is 7.50. The largest absolute Gasteiger partial charge is 0.469 e. The van der Waals surface area contributed by atoms with Crippen LogP contribution < -0.4 is 0 Å². The number of carbonyl (C=O) groups excluding carboxylic acids is 1. The first-order chi connectivity index (χ1) is 9.60. The Kier molecular flexibility index (Phi) is 5.04. The topological polar surface area (TPSA) is 59.0 Å². The maximum absolute atomic E-state index is 12.0. The highest BCUT2D eigenvalue weighted by molar-refractivity contribution is 5.78. The molecule has 2 aliphatic rings. The van der Waals surface area contributed by atoms with Gasteiger partial charge in [-0.3, -0.25) is 4.79 Å². The Hall–Kier alpha value is -0.650. The fourth-order valence-electron chi connectivity index (χ4n) is 3.51. The Morgan fingerprint density at radius 2 is 1.85 bits per heavy atom. The molecule has 0 unspecified atom stereocenters. The molecule has 0 spiro atoms. The molecule has 2 rings (SSSR count). The van der Waals surface area contributed by atoms with E-state index < -0.39 is 0 Å². The van der Waals surface area contributed by atoms with E-state index in [2.05, 4.69) is 4.90 Å². The molecule has 1 N–H and O–H groups in total. The van der Waals surface area contributed by atoms with Gasteiger partial charge in [-0.2, -0.15) is 0 Å². The lowest BCUT2D eigenvalue weighted by atomic mass is 9.68. The number of piperidine rings is 1. The zero-order valence-corrected chi connectivity index (χ0v) is 12.7. The van der Waals surface area contributed by atoms with Crippen molar-refractivity contribution in [1.82, 2.24) is 4.90 Å². The summed E-state index contributed by atoms with van der Waals surface area (Å²) < 4.78 is 10.2. The lowest BCUT2D eigenvalue weighted by Gasteiger charge is -2.46. The molecular formula is C15H27NO4. The van der Waals surface area contributed by atoms with Crippen molar-refractivity contribution < 1.29 is 19.4 Å². The zero-order valence-electron chi connectivity index (χ0n) is 12.7. The average Bonchev–Trinajstić information content (AvgIpc) is 2.44. The van der Waals surface area contributed by atoms with Gasteiger partial charge >= 0.3 is 5.97 Å². The molecule has 1 heterocycles. The quantitative estimate of drug-likeness (QED) is 0.739. The van der Waals surface area contributed by atoms with Gasteiger partial charge in [0.2, 0.25) is 0 Å². The number of hydrogen-bond donors (Lipinski definition) is 1. The second kappa shape index (κ2) is 6.41. The molecule has 0 aromatic heterocycles. The third-order valence-electron chi connectivity index (χ3n) is 5.16. The van der Waals surface area contributed by atoms with Gasteiger partial charge in [-0.15, -0.1) is 0 Å². The van der Waals surface area contributed by atoms with E-state index in [4.69, 9.17) is 9.47 Å². The number of methoxy groups -OCH3 is 2. The monoisotopic (exact) mass is 285 g/mol. The van der Waals surface area contributed by atoms with E-state index in [0.717, 1.165) is 51.7 Å². The SMILES string of the molecule is COCC1(CO)CCN(CC2(C(=O)OC)CCC2)CC1. The van der Waals surface area contributed by atoms with Gasteiger partial charge in [0.05, 0.1) is 25.7 Å². The van der Waals surface area contributed by atoms with Crippen LogP contribution in [0.3, 0.4) is 0 Å². The van der Waals surface area contributed by atoms with Gasteiger partial charge in [0.25, 0.3) is 0 Å². The van der Waals surface area contributed by atoms with Gasteiger partial charge in [-0.05, 0) is 38.8 Å². The van der Waals surface area contributed by atoms with Gasteiger partial charge in [0.1, 0.15) is 0 Å². The summed E-state index contributed by atoms with van der Waals surface area (Å²) in [6.45, 7) is 3.43. The number of rotatable bonds is 6. The van der Waals surface area contributed by atoms with Crippen molar-refractivity contribution in [3.63, 3.8) is 0 Å². The summed E-state index contributed by atoms with van der Waals surface area (Å²) >= 11 is 0. The predicted molar refractivity (Wildman–Crippen MR) is 75.4 cm³/mol. The Morgan fingerprint density at radius 1 is 1.20 bits per heavy atom. The van der Waals surface area contributed by atoms with E-state index in [1.54, 1.807) is 7.11 Å². The van der Waals surface area contributed by atoms with Crippen LogP contribution in [0, 0.1) is 10.8 Å². The predicted octanol–water partition coefficient (Wildman–Crippen LogP) is 1.05. The van der Waals surface area contributed by atoms with Crippen molar-refractivity contribution in [3.8, 4) is 0 Å². The Balaban J connectivity index is 1.89. The van der Waals surface area contributed by atoms with Crippen molar-refractivity contribution in [3.05, 3.63) is 0 Å². The molecule has 0 atom stereocenters. The van der Waals surface area contributed by atoms with Crippen LogP contribution in [0.5, 0.6) is 0 Å². The van der Waals surface area contributed by atoms with Gasteiger partial charge in [-0.1, -0.05) is 6.42 Å². The molecule has 1 saturated carbocycles. The molecule has 1 aliphatic heterocycles. The maximum Gasteiger partial charge on any atom is 0.313 e. The lowest BCUT2D eigenvalue weighted by Crippen LogP contribution is -2.52. The van der Waals surface area contributed by atoms with Crippen LogP contribution in [0.2, 0.25) is 0 Å². The molecule has 0 aromatic carbocycles. The number of ether oxygens (including phenoxy) is 2. The number of esters is 1. The molecular weight excluding hydrogens is 258 g/mol. The van der Waals surface area contributed by atoms with E-state index in [1.165, 1.54) is 7.11 Å². The van der Waals surface area contributed by atoms with Gasteiger partial charge in [0, 0.05) is 19.1 Å². The molecule has 5 heteroatoms. The van der Waals surface area contributed by atoms with Crippen LogP contribution in [-0.2, 0) is 14.3 Å². The minimum absolute atomic E-state index is 0.0559. The van der Waals surface area contributed by atoms with E-state index in [1.807, 2.05) is 0 Å². The molecule has 0 amide bonds. The van der Waals surface area contributed by atoms with Gasteiger partial charge in [0.15, 0.2) is 0 Å². The summed E-state index contributed by atoms with van der Waals surface area (Å²) in [5, 5.41) is 9.60. The average molecular weight is 285 g/mol. The number of aliphatic hydroxyl groups is 1. The first kappa shape index (κ1) is 15.7. The molecule has 5 nitrogen and oxygen atoms in total. The smallest absolute Gasteiger partial charge is 0.313 e. The third-order valence-corrected chi connectivity index (χ3v) is 5.16. The van der Waals surface area contributed by atoms with Gasteiger partial charge in [-0.25, -0.2) is 0 Å². The first-order valence-electron chi connectivity index (χ1n) is 7.50. The minimum Gasteiger partial charge on any atom is -0.469 e. The normalized spacial score (nSPS) is 24.9. The van der Waals surface area contributed by atoms with E-state index in [9.17, 15) is 9.90 Å². The highest BCUT2D eigenvalue weighted by Crippen LogP contribution is 2.43. The summed E-state index contributed by atoms with van der Waals surface area (Å²) in [4.78, 5) is 14.3. The van der Waals surface area contributed by atoms with Crippen LogP contribution in [0.1, 0.15) is 32.1 Å². The van der Waals surface area contributed by atoms with E-state index in [0.29, 0.717) is 6.61 Å². The molecule has 116 valence electrons. The second-order valence-electron chi connectivity index (χ2n) is 6.49. The summed E-state index contributed by atoms with van der Waals surface area (Å²) in [6, 6.07) is 0. The molecule has 20 heavy (non-hydrogen) atoms.